The molecule has 0 bridgehead atoms. The quantitative estimate of drug-likeness (QED) is 0.348. The van der Waals surface area contributed by atoms with Crippen molar-refractivity contribution in [3.05, 3.63) is 60.2 Å². The standard InChI is InChI=1S/C29H33F3N4O2/c1-19-15-22(18-28(2,3)17-19)36-25-16-20(26(37)35-13-5-4-6-14-35)7-12-24(25)34-27(36)33-21-8-10-23(11-9-21)38-29(30,31)32/h7-12,16,22H,1,4-6,13-15,17-18H2,2-3H3,(H,33,34). The van der Waals surface area contributed by atoms with E-state index in [0.717, 1.165) is 68.2 Å². The van der Waals surface area contributed by atoms with E-state index in [-0.39, 0.29) is 23.1 Å². The molecule has 5 rings (SSSR count). The van der Waals surface area contributed by atoms with Crippen molar-refractivity contribution in [3.63, 3.8) is 0 Å². The number of amides is 1. The fourth-order valence-electron chi connectivity index (χ4n) is 5.88. The summed E-state index contributed by atoms with van der Waals surface area (Å²) in [6.07, 6.45) is 1.06. The molecule has 1 saturated carbocycles. The van der Waals surface area contributed by atoms with Gasteiger partial charge in [0.2, 0.25) is 5.95 Å². The zero-order chi connectivity index (χ0) is 27.1. The lowest BCUT2D eigenvalue weighted by Crippen LogP contribution is -2.35. The third-order valence-corrected chi connectivity index (χ3v) is 7.33. The second kappa shape index (κ2) is 10.0. The van der Waals surface area contributed by atoms with Crippen LogP contribution >= 0.6 is 0 Å². The van der Waals surface area contributed by atoms with Crippen LogP contribution < -0.4 is 10.1 Å². The predicted molar refractivity (Wildman–Crippen MR) is 142 cm³/mol. The number of aromatic nitrogens is 2. The van der Waals surface area contributed by atoms with Crippen LogP contribution in [-0.2, 0) is 0 Å². The average Bonchev–Trinajstić information content (AvgIpc) is 3.20. The van der Waals surface area contributed by atoms with Gasteiger partial charge in [0.1, 0.15) is 5.75 Å². The Morgan fingerprint density at radius 3 is 2.47 bits per heavy atom. The maximum atomic E-state index is 13.3. The molecule has 1 unspecified atom stereocenters. The summed E-state index contributed by atoms with van der Waals surface area (Å²) in [7, 11) is 0. The number of rotatable bonds is 5. The number of nitrogens with zero attached hydrogens (tertiary/aromatic N) is 3. The molecule has 1 saturated heterocycles. The Kier molecular flexibility index (Phi) is 6.88. The van der Waals surface area contributed by atoms with Crippen molar-refractivity contribution in [2.45, 2.75) is 64.8 Å². The Balaban J connectivity index is 1.52. The van der Waals surface area contributed by atoms with Gasteiger partial charge in [0, 0.05) is 30.4 Å². The molecule has 0 spiro atoms. The molecule has 1 atom stereocenters. The number of halogens is 3. The van der Waals surface area contributed by atoms with E-state index < -0.39 is 6.36 Å². The van der Waals surface area contributed by atoms with Crippen LogP contribution in [0.4, 0.5) is 24.8 Å². The van der Waals surface area contributed by atoms with Crippen molar-refractivity contribution in [3.8, 4) is 5.75 Å². The van der Waals surface area contributed by atoms with Crippen molar-refractivity contribution in [2.24, 2.45) is 5.41 Å². The highest BCUT2D eigenvalue weighted by Gasteiger charge is 2.34. The van der Waals surface area contributed by atoms with E-state index >= 15 is 0 Å². The number of anilines is 2. The summed E-state index contributed by atoms with van der Waals surface area (Å²) < 4.78 is 43.9. The van der Waals surface area contributed by atoms with E-state index in [4.69, 9.17) is 4.98 Å². The molecule has 1 aromatic heterocycles. The van der Waals surface area contributed by atoms with E-state index in [0.29, 0.717) is 17.2 Å². The van der Waals surface area contributed by atoms with Crippen LogP contribution in [0.3, 0.4) is 0 Å². The lowest BCUT2D eigenvalue weighted by Gasteiger charge is -2.38. The lowest BCUT2D eigenvalue weighted by atomic mass is 9.73. The normalized spacial score (nSPS) is 20.0. The van der Waals surface area contributed by atoms with E-state index in [2.05, 4.69) is 35.0 Å². The molecule has 1 aliphatic carbocycles. The Hall–Kier alpha value is -3.49. The van der Waals surface area contributed by atoms with Gasteiger partial charge in [0.15, 0.2) is 0 Å². The molecule has 2 fully saturated rings. The van der Waals surface area contributed by atoms with Gasteiger partial charge in [-0.25, -0.2) is 4.98 Å². The smallest absolute Gasteiger partial charge is 0.406 e. The molecular formula is C29H33F3N4O2. The number of alkyl halides is 3. The van der Waals surface area contributed by atoms with E-state index in [1.807, 2.05) is 23.1 Å². The van der Waals surface area contributed by atoms with Gasteiger partial charge in [-0.05, 0) is 86.4 Å². The maximum absolute atomic E-state index is 13.3. The third-order valence-electron chi connectivity index (χ3n) is 7.33. The zero-order valence-electron chi connectivity index (χ0n) is 21.8. The molecule has 1 N–H and O–H groups in total. The maximum Gasteiger partial charge on any atom is 0.573 e. The van der Waals surface area contributed by atoms with Gasteiger partial charge >= 0.3 is 6.36 Å². The third kappa shape index (κ3) is 5.81. The number of hydrogen-bond donors (Lipinski definition) is 1. The topological polar surface area (TPSA) is 59.4 Å². The first-order chi connectivity index (χ1) is 18.0. The highest BCUT2D eigenvalue weighted by molar-refractivity contribution is 5.98. The zero-order valence-corrected chi connectivity index (χ0v) is 21.8. The number of benzene rings is 2. The fourth-order valence-corrected chi connectivity index (χ4v) is 5.88. The molecule has 38 heavy (non-hydrogen) atoms. The van der Waals surface area contributed by atoms with Crippen molar-refractivity contribution in [1.82, 2.24) is 14.5 Å². The predicted octanol–water partition coefficient (Wildman–Crippen LogP) is 7.61. The first-order valence-corrected chi connectivity index (χ1v) is 13.1. The Bertz CT molecular complexity index is 1340. The number of imidazole rings is 1. The largest absolute Gasteiger partial charge is 0.573 e. The first kappa shape index (κ1) is 26.1. The second-order valence-corrected chi connectivity index (χ2v) is 11.2. The molecule has 202 valence electrons. The molecule has 1 amide bonds. The molecule has 1 aliphatic heterocycles. The van der Waals surface area contributed by atoms with Crippen LogP contribution in [0.5, 0.6) is 5.75 Å². The van der Waals surface area contributed by atoms with Crippen molar-refractivity contribution in [1.29, 1.82) is 0 Å². The molecule has 0 radical (unpaired) electrons. The monoisotopic (exact) mass is 526 g/mol. The molecule has 3 aromatic rings. The first-order valence-electron chi connectivity index (χ1n) is 13.1. The molecule has 6 nitrogen and oxygen atoms in total. The molecule has 2 aliphatic rings. The van der Waals surface area contributed by atoms with Gasteiger partial charge in [-0.2, -0.15) is 0 Å². The summed E-state index contributed by atoms with van der Waals surface area (Å²) in [5.41, 5.74) is 4.01. The van der Waals surface area contributed by atoms with Gasteiger partial charge in [-0.3, -0.25) is 4.79 Å². The summed E-state index contributed by atoms with van der Waals surface area (Å²) in [5, 5.41) is 3.29. The number of piperidine rings is 1. The van der Waals surface area contributed by atoms with Gasteiger partial charge in [0.05, 0.1) is 11.0 Å². The summed E-state index contributed by atoms with van der Waals surface area (Å²) >= 11 is 0. The van der Waals surface area contributed by atoms with Crippen molar-refractivity contribution >= 4 is 28.6 Å². The van der Waals surface area contributed by atoms with E-state index in [9.17, 15) is 18.0 Å². The fraction of sp³-hybridized carbons (Fsp3) is 0.448. The number of carbonyl (C=O) groups excluding carboxylic acids is 1. The van der Waals surface area contributed by atoms with Gasteiger partial charge in [-0.1, -0.05) is 26.0 Å². The van der Waals surface area contributed by atoms with Crippen molar-refractivity contribution < 1.29 is 22.7 Å². The van der Waals surface area contributed by atoms with Crippen LogP contribution in [0.15, 0.2) is 54.6 Å². The number of fused-ring (bicyclic) bond motifs is 1. The molecule has 2 aromatic carbocycles. The minimum Gasteiger partial charge on any atom is -0.406 e. The number of likely N-dealkylation sites (tertiary alicyclic amines) is 1. The average molecular weight is 527 g/mol. The van der Waals surface area contributed by atoms with E-state index in [1.54, 1.807) is 0 Å². The minimum atomic E-state index is -4.75. The minimum absolute atomic E-state index is 0.0301. The van der Waals surface area contributed by atoms with Crippen LogP contribution in [0.25, 0.3) is 11.0 Å². The Morgan fingerprint density at radius 1 is 1.11 bits per heavy atom. The van der Waals surface area contributed by atoms with Gasteiger partial charge in [-0.15, -0.1) is 13.2 Å². The number of hydrogen-bond acceptors (Lipinski definition) is 4. The number of allylic oxidation sites excluding steroid dienone is 1. The number of carbonyl (C=O) groups is 1. The van der Waals surface area contributed by atoms with Crippen LogP contribution in [0.1, 0.15) is 68.8 Å². The highest BCUT2D eigenvalue weighted by Crippen LogP contribution is 2.45. The highest BCUT2D eigenvalue weighted by atomic mass is 19.4. The molecule has 9 heteroatoms. The number of nitrogens with one attached hydrogen (secondary N) is 1. The van der Waals surface area contributed by atoms with Crippen LogP contribution in [0.2, 0.25) is 0 Å². The van der Waals surface area contributed by atoms with Gasteiger partial charge < -0.3 is 19.5 Å². The van der Waals surface area contributed by atoms with E-state index in [1.165, 1.54) is 24.3 Å². The molecular weight excluding hydrogens is 493 g/mol. The SMILES string of the molecule is C=C1CC(n2c(Nc3ccc(OC(F)(F)F)cc3)nc3ccc(C(=O)N4CCCCC4)cc32)CC(C)(C)C1. The van der Waals surface area contributed by atoms with Crippen molar-refractivity contribution in [2.75, 3.05) is 18.4 Å². The summed E-state index contributed by atoms with van der Waals surface area (Å²) in [4.78, 5) is 20.0. The van der Waals surface area contributed by atoms with Crippen LogP contribution in [-0.4, -0.2) is 39.8 Å². The lowest BCUT2D eigenvalue weighted by molar-refractivity contribution is -0.274. The summed E-state index contributed by atoms with van der Waals surface area (Å²) in [6.45, 7) is 10.3. The second-order valence-electron chi connectivity index (χ2n) is 11.2. The Labute approximate surface area is 220 Å². The van der Waals surface area contributed by atoms with Crippen LogP contribution in [0, 0.1) is 5.41 Å². The Morgan fingerprint density at radius 2 is 1.82 bits per heavy atom. The summed E-state index contributed by atoms with van der Waals surface area (Å²) in [6, 6.07) is 11.3. The molecule has 2 heterocycles. The summed E-state index contributed by atoms with van der Waals surface area (Å²) in [5.74, 6) is 0.313. The number of ether oxygens (including phenoxy) is 1. The van der Waals surface area contributed by atoms with Gasteiger partial charge in [0.25, 0.3) is 5.91 Å².